The van der Waals surface area contributed by atoms with Gasteiger partial charge >= 0.3 is 0 Å². The van der Waals surface area contributed by atoms with Gasteiger partial charge in [-0.25, -0.2) is 15.0 Å². The van der Waals surface area contributed by atoms with E-state index in [0.717, 1.165) is 22.3 Å². The third-order valence-electron chi connectivity index (χ3n) is 3.34. The molecule has 0 unspecified atom stereocenters. The molecule has 0 fully saturated rings. The summed E-state index contributed by atoms with van der Waals surface area (Å²) < 4.78 is 0. The summed E-state index contributed by atoms with van der Waals surface area (Å²) in [5, 5.41) is 6.06. The molecule has 0 aliphatic carbocycles. The molecule has 1 aromatic carbocycles. The average Bonchev–Trinajstić information content (AvgIpc) is 2.50. The van der Waals surface area contributed by atoms with Crippen LogP contribution in [0, 0.1) is 6.92 Å². The quantitative estimate of drug-likeness (QED) is 0.638. The van der Waals surface area contributed by atoms with Crippen molar-refractivity contribution in [3.63, 3.8) is 0 Å². The molecule has 3 aromatic rings. The lowest BCUT2D eigenvalue weighted by molar-refractivity contribution is 0.492. The van der Waals surface area contributed by atoms with Crippen molar-refractivity contribution in [1.29, 1.82) is 0 Å². The zero-order valence-electron chi connectivity index (χ0n) is 13.3. The van der Waals surface area contributed by atoms with Gasteiger partial charge in [0.15, 0.2) is 11.6 Å². The van der Waals surface area contributed by atoms with Crippen LogP contribution in [0.4, 0.5) is 23.0 Å². The molecule has 0 saturated carbocycles. The van der Waals surface area contributed by atoms with E-state index < -0.39 is 0 Å². The van der Waals surface area contributed by atoms with E-state index >= 15 is 0 Å². The van der Waals surface area contributed by atoms with Crippen LogP contribution in [0.15, 0.2) is 36.7 Å². The zero-order valence-corrected chi connectivity index (χ0v) is 13.3. The van der Waals surface area contributed by atoms with Crippen LogP contribution < -0.4 is 16.5 Å². The van der Waals surface area contributed by atoms with Gasteiger partial charge in [0.1, 0.15) is 12.0 Å². The molecule has 2 heterocycles. The second-order valence-electron chi connectivity index (χ2n) is 5.44. The second-order valence-corrected chi connectivity index (χ2v) is 5.44. The maximum atomic E-state index is 6.16. The summed E-state index contributed by atoms with van der Waals surface area (Å²) in [6.45, 7) is 1.97. The molecule has 0 radical (unpaired) electrons. The summed E-state index contributed by atoms with van der Waals surface area (Å²) in [6, 6.07) is 9.93. The highest BCUT2D eigenvalue weighted by molar-refractivity contribution is 5.94. The topological polar surface area (TPSA) is 92.0 Å². The summed E-state index contributed by atoms with van der Waals surface area (Å²) in [5.41, 5.74) is 12.5. The van der Waals surface area contributed by atoms with Gasteiger partial charge in [-0.3, -0.25) is 4.98 Å². The van der Waals surface area contributed by atoms with E-state index in [9.17, 15) is 0 Å². The van der Waals surface area contributed by atoms with Crippen LogP contribution >= 0.6 is 0 Å². The van der Waals surface area contributed by atoms with Gasteiger partial charge in [0, 0.05) is 30.9 Å². The van der Waals surface area contributed by atoms with Crippen LogP contribution in [0.3, 0.4) is 0 Å². The molecule has 23 heavy (non-hydrogen) atoms. The Balaban J connectivity index is 2.00. The third-order valence-corrected chi connectivity index (χ3v) is 3.34. The summed E-state index contributed by atoms with van der Waals surface area (Å²) in [4.78, 5) is 12.9. The summed E-state index contributed by atoms with van der Waals surface area (Å²) in [7, 11) is 3.74. The fourth-order valence-electron chi connectivity index (χ4n) is 2.29. The number of nitrogen functional groups attached to an aromatic ring is 1. The van der Waals surface area contributed by atoms with Crippen molar-refractivity contribution in [2.45, 2.75) is 6.92 Å². The Morgan fingerprint density at radius 3 is 2.61 bits per heavy atom. The van der Waals surface area contributed by atoms with Gasteiger partial charge in [0.2, 0.25) is 0 Å². The number of pyridine rings is 1. The van der Waals surface area contributed by atoms with Crippen LogP contribution in [0.1, 0.15) is 5.69 Å². The van der Waals surface area contributed by atoms with E-state index in [0.29, 0.717) is 17.3 Å². The predicted molar refractivity (Wildman–Crippen MR) is 93.5 cm³/mol. The average molecular weight is 309 g/mol. The number of hydrogen-bond acceptors (Lipinski definition) is 7. The minimum absolute atomic E-state index is 0.457. The van der Waals surface area contributed by atoms with E-state index in [1.807, 2.05) is 51.4 Å². The number of aryl methyl sites for hydroxylation is 1. The first-order chi connectivity index (χ1) is 11.0. The number of aromatic nitrogens is 3. The van der Waals surface area contributed by atoms with Gasteiger partial charge in [0.25, 0.3) is 0 Å². The highest BCUT2D eigenvalue weighted by atomic mass is 15.5. The molecular weight excluding hydrogens is 290 g/mol. The Kier molecular flexibility index (Phi) is 3.94. The van der Waals surface area contributed by atoms with Crippen molar-refractivity contribution in [3.05, 3.63) is 42.4 Å². The Labute approximate surface area is 134 Å². The highest BCUT2D eigenvalue weighted by Crippen LogP contribution is 2.29. The predicted octanol–water partition coefficient (Wildman–Crippen LogP) is 2.55. The number of anilines is 4. The maximum absolute atomic E-state index is 6.16. The Morgan fingerprint density at radius 2 is 1.83 bits per heavy atom. The van der Waals surface area contributed by atoms with Crippen molar-refractivity contribution >= 4 is 33.9 Å². The molecule has 0 bridgehead atoms. The Hall–Kier alpha value is -2.93. The van der Waals surface area contributed by atoms with Crippen molar-refractivity contribution in [2.24, 2.45) is 0 Å². The standard InChI is InChI=1S/C16H19N7/c1-10-7-8-11-12(20-10)5-4-6-13(11)21-15-14(17)16(19-9-18-15)22-23(2)3/h4-9H,17H2,1-3H3,(H2,18,19,21,22). The molecule has 0 spiro atoms. The number of fused-ring (bicyclic) bond motifs is 1. The van der Waals surface area contributed by atoms with E-state index in [-0.39, 0.29) is 0 Å². The minimum Gasteiger partial charge on any atom is -0.393 e. The Morgan fingerprint density at radius 1 is 1.04 bits per heavy atom. The second kappa shape index (κ2) is 6.05. The Bertz CT molecular complexity index is 845. The fraction of sp³-hybridized carbons (Fsp3) is 0.188. The molecule has 2 aromatic heterocycles. The van der Waals surface area contributed by atoms with E-state index in [1.165, 1.54) is 6.33 Å². The van der Waals surface area contributed by atoms with Crippen LogP contribution in [0.25, 0.3) is 10.9 Å². The van der Waals surface area contributed by atoms with Crippen molar-refractivity contribution in [3.8, 4) is 0 Å². The molecule has 3 rings (SSSR count). The number of benzene rings is 1. The van der Waals surface area contributed by atoms with Gasteiger partial charge in [-0.05, 0) is 31.2 Å². The molecule has 0 aliphatic rings. The third kappa shape index (κ3) is 3.14. The first-order valence-corrected chi connectivity index (χ1v) is 7.22. The molecule has 0 amide bonds. The molecule has 4 N–H and O–H groups in total. The summed E-state index contributed by atoms with van der Waals surface area (Å²) in [6.07, 6.45) is 1.47. The highest BCUT2D eigenvalue weighted by Gasteiger charge is 2.10. The van der Waals surface area contributed by atoms with Crippen LogP contribution in [0.2, 0.25) is 0 Å². The fourth-order valence-corrected chi connectivity index (χ4v) is 2.29. The lowest BCUT2D eigenvalue weighted by atomic mass is 10.1. The molecular formula is C16H19N7. The van der Waals surface area contributed by atoms with Crippen molar-refractivity contribution in [1.82, 2.24) is 20.0 Å². The largest absolute Gasteiger partial charge is 0.393 e. The minimum atomic E-state index is 0.457. The monoisotopic (exact) mass is 309 g/mol. The van der Waals surface area contributed by atoms with Gasteiger partial charge < -0.3 is 16.5 Å². The maximum Gasteiger partial charge on any atom is 0.169 e. The van der Waals surface area contributed by atoms with Crippen LogP contribution in [-0.4, -0.2) is 34.1 Å². The van der Waals surface area contributed by atoms with Gasteiger partial charge in [-0.1, -0.05) is 6.07 Å². The SMILES string of the molecule is Cc1ccc2c(Nc3ncnc(NN(C)C)c3N)cccc2n1. The summed E-state index contributed by atoms with van der Waals surface area (Å²) in [5.74, 6) is 1.11. The molecule has 7 nitrogen and oxygen atoms in total. The lowest BCUT2D eigenvalue weighted by Gasteiger charge is -2.16. The molecule has 118 valence electrons. The van der Waals surface area contributed by atoms with E-state index in [2.05, 4.69) is 25.7 Å². The normalized spacial score (nSPS) is 11.0. The van der Waals surface area contributed by atoms with Gasteiger partial charge in [-0.15, -0.1) is 0 Å². The number of nitrogens with zero attached hydrogens (tertiary/aromatic N) is 4. The van der Waals surface area contributed by atoms with E-state index in [4.69, 9.17) is 5.73 Å². The summed E-state index contributed by atoms with van der Waals surface area (Å²) >= 11 is 0. The zero-order chi connectivity index (χ0) is 16.4. The van der Waals surface area contributed by atoms with Gasteiger partial charge in [-0.2, -0.15) is 0 Å². The first kappa shape index (κ1) is 15.0. The number of hydrazine groups is 1. The molecule has 0 atom stereocenters. The van der Waals surface area contributed by atoms with Crippen LogP contribution in [-0.2, 0) is 0 Å². The van der Waals surface area contributed by atoms with Crippen molar-refractivity contribution < 1.29 is 0 Å². The molecule has 7 heteroatoms. The van der Waals surface area contributed by atoms with Gasteiger partial charge in [0.05, 0.1) is 5.52 Å². The van der Waals surface area contributed by atoms with Crippen molar-refractivity contribution in [2.75, 3.05) is 30.6 Å². The smallest absolute Gasteiger partial charge is 0.169 e. The number of nitrogens with one attached hydrogen (secondary N) is 2. The number of nitrogens with two attached hydrogens (primary N) is 1. The number of hydrogen-bond donors (Lipinski definition) is 3. The molecule has 0 aliphatic heterocycles. The van der Waals surface area contributed by atoms with Crippen LogP contribution in [0.5, 0.6) is 0 Å². The van der Waals surface area contributed by atoms with E-state index in [1.54, 1.807) is 5.01 Å². The number of rotatable bonds is 4. The lowest BCUT2D eigenvalue weighted by Crippen LogP contribution is -2.21. The first-order valence-electron chi connectivity index (χ1n) is 7.22. The molecule has 0 saturated heterocycles.